The highest BCUT2D eigenvalue weighted by Gasteiger charge is 2.05. The summed E-state index contributed by atoms with van der Waals surface area (Å²) in [4.78, 5) is 0. The standard InChI is InChI=1S/C29H50N4O2/c1-3-5-7-9-11-13-21-34-26-32-19-15-17-28(23-32)30-25-31-29-18-16-20-33(24-29)27-35-22-14-12-10-8-6-4-2/h15-20,23-24,30-31H,3-14,21-22,25-27H2,1-2H3/q+2. The highest BCUT2D eigenvalue weighted by molar-refractivity contribution is 5.43. The first-order valence-corrected chi connectivity index (χ1v) is 13.9. The lowest BCUT2D eigenvalue weighted by Crippen LogP contribution is -2.35. The molecule has 0 saturated carbocycles. The lowest BCUT2D eigenvalue weighted by atomic mass is 10.1. The summed E-state index contributed by atoms with van der Waals surface area (Å²) in [6.07, 6.45) is 23.7. The topological polar surface area (TPSA) is 50.3 Å². The van der Waals surface area contributed by atoms with Crippen molar-refractivity contribution in [2.24, 2.45) is 0 Å². The van der Waals surface area contributed by atoms with E-state index >= 15 is 0 Å². The first-order chi connectivity index (χ1) is 17.3. The third-order valence-electron chi connectivity index (χ3n) is 6.07. The van der Waals surface area contributed by atoms with Gasteiger partial charge in [-0.3, -0.25) is 0 Å². The molecule has 6 heteroatoms. The largest absolute Gasteiger partial charge is 0.363 e. The van der Waals surface area contributed by atoms with Crippen molar-refractivity contribution in [2.45, 2.75) is 104 Å². The number of nitrogens with one attached hydrogen (secondary N) is 2. The zero-order valence-corrected chi connectivity index (χ0v) is 22.4. The maximum Gasteiger partial charge on any atom is 0.252 e. The van der Waals surface area contributed by atoms with Crippen molar-refractivity contribution in [1.82, 2.24) is 0 Å². The van der Waals surface area contributed by atoms with E-state index in [1.165, 1.54) is 64.2 Å². The minimum atomic E-state index is 0.593. The number of nitrogens with zero attached hydrogens (tertiary/aromatic N) is 2. The quantitative estimate of drug-likeness (QED) is 0.115. The molecule has 0 fully saturated rings. The van der Waals surface area contributed by atoms with E-state index < -0.39 is 0 Å². The molecular formula is C29H50N4O2+2. The van der Waals surface area contributed by atoms with Crippen LogP contribution in [0.1, 0.15) is 90.9 Å². The molecule has 0 bridgehead atoms. The molecule has 2 aromatic rings. The number of rotatable bonds is 22. The summed E-state index contributed by atoms with van der Waals surface area (Å²) in [5.41, 5.74) is 2.13. The van der Waals surface area contributed by atoms with Crippen LogP contribution in [0.5, 0.6) is 0 Å². The maximum absolute atomic E-state index is 5.84. The Morgan fingerprint density at radius 3 is 1.49 bits per heavy atom. The molecule has 0 atom stereocenters. The molecule has 35 heavy (non-hydrogen) atoms. The van der Waals surface area contributed by atoms with Gasteiger partial charge in [0.05, 0.1) is 19.9 Å². The average Bonchev–Trinajstić information content (AvgIpc) is 2.88. The van der Waals surface area contributed by atoms with Crippen LogP contribution in [0.3, 0.4) is 0 Å². The third-order valence-corrected chi connectivity index (χ3v) is 6.07. The van der Waals surface area contributed by atoms with Gasteiger partial charge in [0, 0.05) is 12.1 Å². The van der Waals surface area contributed by atoms with E-state index in [4.69, 9.17) is 9.47 Å². The van der Waals surface area contributed by atoms with E-state index in [1.807, 2.05) is 24.5 Å². The van der Waals surface area contributed by atoms with E-state index in [-0.39, 0.29) is 0 Å². The van der Waals surface area contributed by atoms with Crippen LogP contribution in [0.25, 0.3) is 0 Å². The van der Waals surface area contributed by atoms with Crippen molar-refractivity contribution in [2.75, 3.05) is 30.5 Å². The highest BCUT2D eigenvalue weighted by Crippen LogP contribution is 2.07. The van der Waals surface area contributed by atoms with Crippen LogP contribution in [0.4, 0.5) is 11.4 Å². The van der Waals surface area contributed by atoms with Crippen molar-refractivity contribution in [3.05, 3.63) is 49.1 Å². The second-order valence-electron chi connectivity index (χ2n) is 9.35. The number of pyridine rings is 2. The zero-order valence-electron chi connectivity index (χ0n) is 22.4. The van der Waals surface area contributed by atoms with Crippen molar-refractivity contribution in [3.63, 3.8) is 0 Å². The van der Waals surface area contributed by atoms with E-state index in [0.29, 0.717) is 20.1 Å². The van der Waals surface area contributed by atoms with Crippen molar-refractivity contribution >= 4 is 11.4 Å². The second kappa shape index (κ2) is 20.1. The molecule has 0 aliphatic carbocycles. The van der Waals surface area contributed by atoms with Gasteiger partial charge in [-0.15, -0.1) is 0 Å². The molecule has 0 unspecified atom stereocenters. The zero-order chi connectivity index (χ0) is 24.8. The average molecular weight is 487 g/mol. The summed E-state index contributed by atoms with van der Waals surface area (Å²) >= 11 is 0. The monoisotopic (exact) mass is 486 g/mol. The lowest BCUT2D eigenvalue weighted by Gasteiger charge is -2.08. The minimum Gasteiger partial charge on any atom is -0.363 e. The maximum atomic E-state index is 5.84. The normalized spacial score (nSPS) is 11.0. The molecule has 196 valence electrons. The molecule has 0 aromatic carbocycles. The van der Waals surface area contributed by atoms with Crippen molar-refractivity contribution < 1.29 is 18.6 Å². The van der Waals surface area contributed by atoms with Gasteiger partial charge in [-0.25, -0.2) is 0 Å². The van der Waals surface area contributed by atoms with Crippen LogP contribution in [0, 0.1) is 0 Å². The van der Waals surface area contributed by atoms with Gasteiger partial charge in [0.25, 0.3) is 13.5 Å². The predicted molar refractivity (Wildman–Crippen MR) is 144 cm³/mol. The molecule has 0 aliphatic rings. The van der Waals surface area contributed by atoms with Crippen LogP contribution >= 0.6 is 0 Å². The van der Waals surface area contributed by atoms with Gasteiger partial charge in [-0.1, -0.05) is 78.1 Å². The van der Waals surface area contributed by atoms with Gasteiger partial charge in [0.15, 0.2) is 24.8 Å². The van der Waals surface area contributed by atoms with Crippen LogP contribution in [-0.4, -0.2) is 19.9 Å². The van der Waals surface area contributed by atoms with E-state index in [1.54, 1.807) is 0 Å². The van der Waals surface area contributed by atoms with E-state index in [2.05, 4.69) is 58.1 Å². The fourth-order valence-electron chi connectivity index (χ4n) is 3.97. The summed E-state index contributed by atoms with van der Waals surface area (Å²) in [5.74, 6) is 0. The summed E-state index contributed by atoms with van der Waals surface area (Å²) in [6.45, 7) is 8.00. The molecule has 0 spiro atoms. The summed E-state index contributed by atoms with van der Waals surface area (Å²) in [5, 5.41) is 6.87. The Morgan fingerprint density at radius 1 is 0.600 bits per heavy atom. The molecule has 2 heterocycles. The number of unbranched alkanes of at least 4 members (excludes halogenated alkanes) is 10. The Balaban J connectivity index is 1.59. The molecule has 2 aromatic heterocycles. The van der Waals surface area contributed by atoms with Gasteiger partial charge in [0.1, 0.15) is 11.4 Å². The molecule has 0 amide bonds. The smallest absolute Gasteiger partial charge is 0.252 e. The SMILES string of the molecule is CCCCCCCCOC[n+]1cccc(NCNc2ccc[n+](COCCCCCCCC)c2)c1. The molecule has 2 N–H and O–H groups in total. The fourth-order valence-corrected chi connectivity index (χ4v) is 3.97. The number of aromatic nitrogens is 2. The molecule has 0 saturated heterocycles. The summed E-state index contributed by atoms with van der Waals surface area (Å²) in [6, 6.07) is 8.25. The second-order valence-corrected chi connectivity index (χ2v) is 9.35. The fraction of sp³-hybridized carbons (Fsp3) is 0.655. The van der Waals surface area contributed by atoms with Gasteiger partial charge < -0.3 is 20.1 Å². The Morgan fingerprint density at radius 2 is 1.03 bits per heavy atom. The van der Waals surface area contributed by atoms with Crippen LogP contribution < -0.4 is 19.8 Å². The van der Waals surface area contributed by atoms with Crippen molar-refractivity contribution in [1.29, 1.82) is 0 Å². The van der Waals surface area contributed by atoms with Crippen LogP contribution in [0.2, 0.25) is 0 Å². The number of hydrogen-bond acceptors (Lipinski definition) is 4. The Bertz CT molecular complexity index is 708. The summed E-state index contributed by atoms with van der Waals surface area (Å²) in [7, 11) is 0. The highest BCUT2D eigenvalue weighted by atomic mass is 16.5. The first-order valence-electron chi connectivity index (χ1n) is 13.9. The minimum absolute atomic E-state index is 0.593. The van der Waals surface area contributed by atoms with Gasteiger partial charge in [0.2, 0.25) is 0 Å². The Labute approximate surface area is 214 Å². The Kier molecular flexibility index (Phi) is 16.6. The Hall–Kier alpha value is -2.18. The first kappa shape index (κ1) is 29.1. The van der Waals surface area contributed by atoms with Crippen LogP contribution in [0.15, 0.2) is 49.1 Å². The molecular weight excluding hydrogens is 436 g/mol. The lowest BCUT2D eigenvalue weighted by molar-refractivity contribution is -0.732. The molecule has 0 radical (unpaired) electrons. The van der Waals surface area contributed by atoms with Gasteiger partial charge in [-0.05, 0) is 25.0 Å². The molecule has 6 nitrogen and oxygen atoms in total. The van der Waals surface area contributed by atoms with Crippen molar-refractivity contribution in [3.8, 4) is 0 Å². The predicted octanol–water partition coefficient (Wildman–Crippen LogP) is 6.41. The molecule has 2 rings (SSSR count). The van der Waals surface area contributed by atoms with E-state index in [0.717, 1.165) is 37.4 Å². The summed E-state index contributed by atoms with van der Waals surface area (Å²) < 4.78 is 15.8. The third kappa shape index (κ3) is 14.7. The number of anilines is 2. The number of ether oxygens (including phenoxy) is 2. The molecule has 0 aliphatic heterocycles. The number of hydrogen-bond donors (Lipinski definition) is 2. The van der Waals surface area contributed by atoms with Gasteiger partial charge in [-0.2, -0.15) is 9.13 Å². The van der Waals surface area contributed by atoms with Crippen LogP contribution in [-0.2, 0) is 22.9 Å². The van der Waals surface area contributed by atoms with E-state index in [9.17, 15) is 0 Å². The van der Waals surface area contributed by atoms with Gasteiger partial charge >= 0.3 is 0 Å².